The fourth-order valence-corrected chi connectivity index (χ4v) is 5.40. The van der Waals surface area contributed by atoms with E-state index in [2.05, 4.69) is 15.2 Å². The Hall–Kier alpha value is -2.45. The summed E-state index contributed by atoms with van der Waals surface area (Å²) in [6.45, 7) is 5.54. The van der Waals surface area contributed by atoms with Crippen molar-refractivity contribution in [2.75, 3.05) is 26.2 Å². The van der Waals surface area contributed by atoms with Gasteiger partial charge in [-0.2, -0.15) is 0 Å². The van der Waals surface area contributed by atoms with E-state index >= 15 is 0 Å². The van der Waals surface area contributed by atoms with Gasteiger partial charge in [0.05, 0.1) is 12.1 Å². The number of carbonyl (C=O) groups is 2. The highest BCUT2D eigenvalue weighted by Gasteiger charge is 2.35. The van der Waals surface area contributed by atoms with Crippen LogP contribution in [0.15, 0.2) is 18.2 Å². The van der Waals surface area contributed by atoms with Gasteiger partial charge in [0.25, 0.3) is 5.91 Å². The number of fused-ring (bicyclic) bond motifs is 1. The number of rotatable bonds is 6. The molecule has 2 amide bonds. The zero-order valence-electron chi connectivity index (χ0n) is 18.9. The van der Waals surface area contributed by atoms with Crippen LogP contribution >= 0.6 is 0 Å². The molecule has 1 saturated carbocycles. The molecule has 8 heteroatoms. The Labute approximate surface area is 188 Å². The van der Waals surface area contributed by atoms with Gasteiger partial charge in [0, 0.05) is 50.1 Å². The van der Waals surface area contributed by atoms with E-state index in [0.29, 0.717) is 29.2 Å². The van der Waals surface area contributed by atoms with Crippen LogP contribution in [0.1, 0.15) is 55.1 Å². The molecule has 0 radical (unpaired) electrons. The minimum atomic E-state index is -0.331. The monoisotopic (exact) mass is 444 g/mol. The van der Waals surface area contributed by atoms with Crippen LogP contribution in [-0.4, -0.2) is 76.1 Å². The van der Waals surface area contributed by atoms with E-state index in [0.717, 1.165) is 50.8 Å². The lowest BCUT2D eigenvalue weighted by Gasteiger charge is -2.36. The largest absolute Gasteiger partial charge is 0.395 e. The number of aliphatic hydroxyl groups excluding tert-OH is 1. The lowest BCUT2D eigenvalue weighted by molar-refractivity contribution is -0.131. The zero-order valence-corrected chi connectivity index (χ0v) is 18.9. The highest BCUT2D eigenvalue weighted by molar-refractivity contribution is 5.99. The van der Waals surface area contributed by atoms with Crippen LogP contribution in [0.25, 0.3) is 10.9 Å². The SMILES string of the molecule is CC(=O)N(CCO)C1CCN([C@@H]2CCC[C@@H](NC(=O)c3cc4c(F)ccc(C)c4[nH]3)C2)C1. The van der Waals surface area contributed by atoms with Crippen molar-refractivity contribution in [3.05, 3.63) is 35.3 Å². The molecule has 2 aliphatic rings. The van der Waals surface area contributed by atoms with Gasteiger partial charge in [-0.1, -0.05) is 6.07 Å². The maximum Gasteiger partial charge on any atom is 0.267 e. The second-order valence-corrected chi connectivity index (χ2v) is 9.20. The summed E-state index contributed by atoms with van der Waals surface area (Å²) in [6, 6.07) is 5.30. The standard InChI is InChI=1S/C24H33FN4O3/c1-15-6-7-21(25)20-13-22(27-23(15)20)24(32)26-17-4-3-5-18(12-17)28-9-8-19(14-28)29(10-11-30)16(2)31/h6-7,13,17-19,27,30H,3-5,8-12,14H2,1-2H3,(H,26,32)/t17-,18-,19?/m1/s1. The van der Waals surface area contributed by atoms with E-state index in [1.54, 1.807) is 24.0 Å². The average molecular weight is 445 g/mol. The molecule has 4 rings (SSSR count). The Morgan fingerprint density at radius 2 is 2.12 bits per heavy atom. The Balaban J connectivity index is 1.37. The van der Waals surface area contributed by atoms with Crippen molar-refractivity contribution >= 4 is 22.7 Å². The van der Waals surface area contributed by atoms with Gasteiger partial charge in [-0.05, 0) is 56.7 Å². The molecule has 1 aromatic carbocycles. The lowest BCUT2D eigenvalue weighted by atomic mass is 9.90. The van der Waals surface area contributed by atoms with Crippen LogP contribution in [-0.2, 0) is 4.79 Å². The number of hydrogen-bond acceptors (Lipinski definition) is 4. The molecule has 7 nitrogen and oxygen atoms in total. The van der Waals surface area contributed by atoms with Gasteiger partial charge in [0.15, 0.2) is 0 Å². The molecule has 3 atom stereocenters. The van der Waals surface area contributed by atoms with E-state index < -0.39 is 0 Å². The number of benzene rings is 1. The molecule has 1 aromatic heterocycles. The van der Waals surface area contributed by atoms with Gasteiger partial charge in [-0.15, -0.1) is 0 Å². The third-order valence-corrected chi connectivity index (χ3v) is 7.07. The molecule has 1 aliphatic carbocycles. The topological polar surface area (TPSA) is 88.7 Å². The van der Waals surface area contributed by atoms with Gasteiger partial charge in [0.2, 0.25) is 5.91 Å². The number of halogens is 1. The number of aliphatic hydroxyl groups is 1. The molecule has 174 valence electrons. The Morgan fingerprint density at radius 1 is 1.31 bits per heavy atom. The molecule has 2 aromatic rings. The number of aromatic nitrogens is 1. The Kier molecular flexibility index (Phi) is 6.81. The third kappa shape index (κ3) is 4.66. The van der Waals surface area contributed by atoms with Gasteiger partial charge in [0.1, 0.15) is 11.5 Å². The molecule has 1 saturated heterocycles. The summed E-state index contributed by atoms with van der Waals surface area (Å²) in [5, 5.41) is 12.9. The molecule has 32 heavy (non-hydrogen) atoms. The van der Waals surface area contributed by atoms with Crippen LogP contribution in [0.5, 0.6) is 0 Å². The summed E-state index contributed by atoms with van der Waals surface area (Å²) in [5.41, 5.74) is 1.96. The van der Waals surface area contributed by atoms with Crippen molar-refractivity contribution in [2.24, 2.45) is 0 Å². The smallest absolute Gasteiger partial charge is 0.267 e. The molecule has 2 fully saturated rings. The van der Waals surface area contributed by atoms with Crippen LogP contribution in [0.2, 0.25) is 0 Å². The maximum atomic E-state index is 14.1. The molecule has 3 N–H and O–H groups in total. The quantitative estimate of drug-likeness (QED) is 0.639. The van der Waals surface area contributed by atoms with Crippen molar-refractivity contribution in [1.29, 1.82) is 0 Å². The Morgan fingerprint density at radius 3 is 2.84 bits per heavy atom. The minimum absolute atomic E-state index is 0.00434. The number of hydrogen-bond donors (Lipinski definition) is 3. The predicted octanol–water partition coefficient (Wildman–Crippen LogP) is 2.57. The highest BCUT2D eigenvalue weighted by atomic mass is 19.1. The summed E-state index contributed by atoms with van der Waals surface area (Å²) >= 11 is 0. The second-order valence-electron chi connectivity index (χ2n) is 9.20. The summed E-state index contributed by atoms with van der Waals surface area (Å²) in [6.07, 6.45) is 4.82. The molecular formula is C24H33FN4O3. The van der Waals surface area contributed by atoms with Crippen molar-refractivity contribution < 1.29 is 19.1 Å². The van der Waals surface area contributed by atoms with Crippen LogP contribution in [0.3, 0.4) is 0 Å². The molecule has 1 unspecified atom stereocenters. The third-order valence-electron chi connectivity index (χ3n) is 7.07. The number of nitrogens with one attached hydrogen (secondary N) is 2. The van der Waals surface area contributed by atoms with E-state index in [-0.39, 0.29) is 36.3 Å². The first kappa shape index (κ1) is 22.7. The molecule has 0 bridgehead atoms. The second kappa shape index (κ2) is 9.58. The molecular weight excluding hydrogens is 411 g/mol. The van der Waals surface area contributed by atoms with Gasteiger partial charge < -0.3 is 20.3 Å². The van der Waals surface area contributed by atoms with Crippen LogP contribution in [0, 0.1) is 12.7 Å². The number of H-pyrrole nitrogens is 1. The number of amides is 2. The minimum Gasteiger partial charge on any atom is -0.395 e. The summed E-state index contributed by atoms with van der Waals surface area (Å²) in [5.74, 6) is -0.525. The maximum absolute atomic E-state index is 14.1. The van der Waals surface area contributed by atoms with Gasteiger partial charge in [-0.25, -0.2) is 4.39 Å². The average Bonchev–Trinajstić information content (AvgIpc) is 3.43. The van der Waals surface area contributed by atoms with Gasteiger partial charge in [-0.3, -0.25) is 14.5 Å². The van der Waals surface area contributed by atoms with E-state index in [1.807, 2.05) is 6.92 Å². The van der Waals surface area contributed by atoms with E-state index in [1.165, 1.54) is 6.07 Å². The summed E-state index contributed by atoms with van der Waals surface area (Å²) in [7, 11) is 0. The number of aromatic amines is 1. The first-order chi connectivity index (χ1) is 15.4. The van der Waals surface area contributed by atoms with Crippen molar-refractivity contribution in [1.82, 2.24) is 20.1 Å². The lowest BCUT2D eigenvalue weighted by Crippen LogP contribution is -2.47. The Bertz CT molecular complexity index is 952. The number of carbonyl (C=O) groups excluding carboxylic acids is 2. The van der Waals surface area contributed by atoms with Crippen LogP contribution in [0.4, 0.5) is 4.39 Å². The molecule has 0 spiro atoms. The highest BCUT2D eigenvalue weighted by Crippen LogP contribution is 2.28. The fraction of sp³-hybridized carbons (Fsp3) is 0.583. The van der Waals surface area contributed by atoms with E-state index in [4.69, 9.17) is 0 Å². The van der Waals surface area contributed by atoms with Crippen molar-refractivity contribution in [2.45, 2.75) is 64.1 Å². The number of aryl methyl sites for hydroxylation is 1. The molecule has 2 heterocycles. The van der Waals surface area contributed by atoms with Gasteiger partial charge >= 0.3 is 0 Å². The first-order valence-electron chi connectivity index (χ1n) is 11.6. The van der Waals surface area contributed by atoms with E-state index in [9.17, 15) is 19.1 Å². The number of likely N-dealkylation sites (tertiary alicyclic amines) is 1. The normalized spacial score (nSPS) is 24.1. The summed E-state index contributed by atoms with van der Waals surface area (Å²) < 4.78 is 14.1. The summed E-state index contributed by atoms with van der Waals surface area (Å²) in [4.78, 5) is 32.1. The number of nitrogens with zero attached hydrogens (tertiary/aromatic N) is 2. The fourth-order valence-electron chi connectivity index (χ4n) is 5.40. The van der Waals surface area contributed by atoms with Crippen LogP contribution < -0.4 is 5.32 Å². The molecule has 1 aliphatic heterocycles. The predicted molar refractivity (Wildman–Crippen MR) is 121 cm³/mol. The van der Waals surface area contributed by atoms with Crippen molar-refractivity contribution in [3.63, 3.8) is 0 Å². The van der Waals surface area contributed by atoms with Crippen molar-refractivity contribution in [3.8, 4) is 0 Å². The zero-order chi connectivity index (χ0) is 22.8. The first-order valence-corrected chi connectivity index (χ1v) is 11.6.